The fourth-order valence-electron chi connectivity index (χ4n) is 2.00. The van der Waals surface area contributed by atoms with Crippen LogP contribution >= 0.6 is 27.5 Å². The van der Waals surface area contributed by atoms with Crippen LogP contribution in [0.5, 0.6) is 0 Å². The molecule has 2 rings (SSSR count). The summed E-state index contributed by atoms with van der Waals surface area (Å²) < 4.78 is 0.862. The Morgan fingerprint density at radius 2 is 2.05 bits per heavy atom. The molecular weight excluding hydrogens is 354 g/mol. The Balaban J connectivity index is 2.24. The minimum atomic E-state index is 0.0796. The molecule has 0 aliphatic heterocycles. The second-order valence-electron chi connectivity index (χ2n) is 4.60. The van der Waals surface area contributed by atoms with Crippen molar-refractivity contribution in [3.63, 3.8) is 0 Å². The summed E-state index contributed by atoms with van der Waals surface area (Å²) in [5.41, 5.74) is 8.27. The van der Waals surface area contributed by atoms with Gasteiger partial charge in [0.05, 0.1) is 5.69 Å². The molecular formula is C15H15BrClN3O. The first-order valence-corrected chi connectivity index (χ1v) is 7.42. The van der Waals surface area contributed by atoms with E-state index in [1.54, 1.807) is 6.07 Å². The number of halogens is 2. The fourth-order valence-corrected chi connectivity index (χ4v) is 2.88. The molecule has 0 aliphatic carbocycles. The van der Waals surface area contributed by atoms with Crippen molar-refractivity contribution in [2.24, 2.45) is 10.9 Å². The number of oxime groups is 1. The van der Waals surface area contributed by atoms with E-state index >= 15 is 0 Å². The zero-order chi connectivity index (χ0) is 15.4. The molecule has 0 aromatic heterocycles. The van der Waals surface area contributed by atoms with Crippen LogP contribution < -0.4 is 10.6 Å². The van der Waals surface area contributed by atoms with E-state index in [4.69, 9.17) is 22.5 Å². The van der Waals surface area contributed by atoms with Crippen LogP contribution in [0, 0.1) is 0 Å². The Morgan fingerprint density at radius 1 is 1.33 bits per heavy atom. The lowest BCUT2D eigenvalue weighted by molar-refractivity contribution is 0.318. The summed E-state index contributed by atoms with van der Waals surface area (Å²) in [6, 6.07) is 13.3. The van der Waals surface area contributed by atoms with E-state index in [-0.39, 0.29) is 5.84 Å². The predicted molar refractivity (Wildman–Crippen MR) is 90.2 cm³/mol. The maximum Gasteiger partial charge on any atom is 0.170 e. The highest BCUT2D eigenvalue weighted by Crippen LogP contribution is 2.28. The maximum absolute atomic E-state index is 8.71. The van der Waals surface area contributed by atoms with Gasteiger partial charge in [-0.1, -0.05) is 35.0 Å². The lowest BCUT2D eigenvalue weighted by Crippen LogP contribution is -2.18. The van der Waals surface area contributed by atoms with E-state index in [9.17, 15) is 0 Å². The minimum Gasteiger partial charge on any atom is -0.409 e. The fraction of sp³-hybridized carbons (Fsp3) is 0.133. The average Bonchev–Trinajstić information content (AvgIpc) is 2.48. The summed E-state index contributed by atoms with van der Waals surface area (Å²) in [4.78, 5) is 2.07. The second-order valence-corrected chi connectivity index (χ2v) is 5.86. The first-order valence-electron chi connectivity index (χ1n) is 6.25. The van der Waals surface area contributed by atoms with Gasteiger partial charge in [-0.3, -0.25) is 0 Å². The molecule has 0 saturated carbocycles. The lowest BCUT2D eigenvalue weighted by atomic mass is 10.1. The van der Waals surface area contributed by atoms with Gasteiger partial charge in [-0.25, -0.2) is 0 Å². The molecule has 2 aromatic rings. The van der Waals surface area contributed by atoms with E-state index in [2.05, 4.69) is 26.0 Å². The summed E-state index contributed by atoms with van der Waals surface area (Å²) in [5.74, 6) is 0.0796. The van der Waals surface area contributed by atoms with Crippen molar-refractivity contribution in [2.45, 2.75) is 6.54 Å². The Morgan fingerprint density at radius 3 is 2.67 bits per heavy atom. The third-order valence-electron chi connectivity index (χ3n) is 3.13. The van der Waals surface area contributed by atoms with E-state index < -0.39 is 0 Å². The lowest BCUT2D eigenvalue weighted by Gasteiger charge is -2.22. The van der Waals surface area contributed by atoms with E-state index in [1.165, 1.54) is 0 Å². The number of rotatable bonds is 4. The second kappa shape index (κ2) is 6.83. The van der Waals surface area contributed by atoms with Crippen LogP contribution in [0.2, 0.25) is 5.02 Å². The predicted octanol–water partition coefficient (Wildman–Crippen LogP) is 3.83. The van der Waals surface area contributed by atoms with Gasteiger partial charge in [-0.2, -0.15) is 0 Å². The quantitative estimate of drug-likeness (QED) is 0.373. The van der Waals surface area contributed by atoms with Gasteiger partial charge in [0.2, 0.25) is 0 Å². The molecule has 0 heterocycles. The van der Waals surface area contributed by atoms with Gasteiger partial charge in [-0.15, -0.1) is 0 Å². The monoisotopic (exact) mass is 367 g/mol. The van der Waals surface area contributed by atoms with Gasteiger partial charge in [0.25, 0.3) is 0 Å². The van der Waals surface area contributed by atoms with E-state index in [1.807, 2.05) is 43.4 Å². The molecule has 6 heteroatoms. The van der Waals surface area contributed by atoms with Crippen LogP contribution in [0.4, 0.5) is 5.69 Å². The average molecular weight is 369 g/mol. The maximum atomic E-state index is 8.71. The van der Waals surface area contributed by atoms with Crippen LogP contribution in [0.3, 0.4) is 0 Å². The Labute approximate surface area is 136 Å². The van der Waals surface area contributed by atoms with Crippen LogP contribution in [-0.4, -0.2) is 18.1 Å². The van der Waals surface area contributed by atoms with Crippen molar-refractivity contribution < 1.29 is 5.21 Å². The van der Waals surface area contributed by atoms with Gasteiger partial charge in [0.15, 0.2) is 5.84 Å². The zero-order valence-electron chi connectivity index (χ0n) is 11.4. The first-order chi connectivity index (χ1) is 10.0. The van der Waals surface area contributed by atoms with Crippen molar-refractivity contribution in [3.05, 3.63) is 63.1 Å². The van der Waals surface area contributed by atoms with Crippen LogP contribution in [0.1, 0.15) is 11.1 Å². The summed E-state index contributed by atoms with van der Waals surface area (Å²) in [6.45, 7) is 0.682. The topological polar surface area (TPSA) is 61.8 Å². The van der Waals surface area contributed by atoms with Gasteiger partial charge in [0.1, 0.15) is 0 Å². The highest BCUT2D eigenvalue weighted by Gasteiger charge is 2.10. The number of anilines is 1. The number of nitrogens with two attached hydrogens (primary N) is 1. The van der Waals surface area contributed by atoms with Crippen molar-refractivity contribution in [1.82, 2.24) is 0 Å². The molecule has 0 radical (unpaired) electrons. The number of hydrogen-bond donors (Lipinski definition) is 2. The van der Waals surface area contributed by atoms with E-state index in [0.717, 1.165) is 20.7 Å². The molecule has 110 valence electrons. The summed E-state index contributed by atoms with van der Waals surface area (Å²) in [5, 5.41) is 12.4. The van der Waals surface area contributed by atoms with Crippen LogP contribution in [0.25, 0.3) is 0 Å². The molecule has 0 fully saturated rings. The molecule has 21 heavy (non-hydrogen) atoms. The van der Waals surface area contributed by atoms with Gasteiger partial charge in [-0.05, 0) is 45.8 Å². The van der Waals surface area contributed by atoms with Crippen molar-refractivity contribution in [2.75, 3.05) is 11.9 Å². The molecule has 0 spiro atoms. The molecule has 0 atom stereocenters. The van der Waals surface area contributed by atoms with Crippen molar-refractivity contribution in [1.29, 1.82) is 0 Å². The minimum absolute atomic E-state index is 0.0796. The number of benzene rings is 2. The van der Waals surface area contributed by atoms with Crippen LogP contribution in [0.15, 0.2) is 52.1 Å². The van der Waals surface area contributed by atoms with Gasteiger partial charge in [0, 0.05) is 28.7 Å². The first kappa shape index (κ1) is 15.7. The SMILES string of the molecule is CN(Cc1ccccc1Cl)c1ccc(/C(N)=N/O)cc1Br. The van der Waals surface area contributed by atoms with Gasteiger partial charge < -0.3 is 15.8 Å². The molecule has 3 N–H and O–H groups in total. The smallest absolute Gasteiger partial charge is 0.170 e. The molecule has 0 unspecified atom stereocenters. The van der Waals surface area contributed by atoms with Crippen molar-refractivity contribution in [3.8, 4) is 0 Å². The van der Waals surface area contributed by atoms with Crippen LogP contribution in [-0.2, 0) is 6.54 Å². The Bertz CT molecular complexity index is 676. The molecule has 0 aliphatic rings. The Hall–Kier alpha value is -1.72. The highest BCUT2D eigenvalue weighted by molar-refractivity contribution is 9.10. The van der Waals surface area contributed by atoms with Gasteiger partial charge >= 0.3 is 0 Å². The Kier molecular flexibility index (Phi) is 5.09. The number of amidine groups is 1. The molecule has 2 aromatic carbocycles. The molecule has 0 amide bonds. The normalized spacial score (nSPS) is 11.5. The largest absolute Gasteiger partial charge is 0.409 e. The third kappa shape index (κ3) is 3.68. The zero-order valence-corrected chi connectivity index (χ0v) is 13.8. The summed E-state index contributed by atoms with van der Waals surface area (Å²) >= 11 is 9.69. The number of nitrogens with zero attached hydrogens (tertiary/aromatic N) is 2. The highest BCUT2D eigenvalue weighted by atomic mass is 79.9. The molecule has 0 bridgehead atoms. The number of hydrogen-bond acceptors (Lipinski definition) is 3. The van der Waals surface area contributed by atoms with E-state index in [0.29, 0.717) is 12.1 Å². The molecule has 0 saturated heterocycles. The van der Waals surface area contributed by atoms with Crippen molar-refractivity contribution >= 4 is 39.1 Å². The molecule has 4 nitrogen and oxygen atoms in total. The summed E-state index contributed by atoms with van der Waals surface area (Å²) in [7, 11) is 1.98. The summed E-state index contributed by atoms with van der Waals surface area (Å²) in [6.07, 6.45) is 0. The standard InChI is InChI=1S/C15H15BrClN3O/c1-20(9-11-4-2-3-5-13(11)17)14-7-6-10(8-12(14)16)15(18)19-21/h2-8,21H,9H2,1H3,(H2,18,19). The third-order valence-corrected chi connectivity index (χ3v) is 4.13.